The van der Waals surface area contributed by atoms with E-state index in [1.165, 1.54) is 24.1 Å². The lowest BCUT2D eigenvalue weighted by Crippen LogP contribution is -2.31. The van der Waals surface area contributed by atoms with E-state index in [1.54, 1.807) is 18.2 Å². The normalized spacial score (nSPS) is 20.9. The van der Waals surface area contributed by atoms with Crippen LogP contribution in [0.25, 0.3) is 5.69 Å². The molecule has 1 aromatic heterocycles. The second-order valence-corrected chi connectivity index (χ2v) is 7.46. The highest BCUT2D eigenvalue weighted by molar-refractivity contribution is 5.88. The number of likely N-dealkylation sites (tertiary alicyclic amines) is 1. The number of aromatic nitrogens is 2. The molecule has 6 heteroatoms. The molecule has 1 fully saturated rings. The number of fused-ring (bicyclic) bond motifs is 1. The molecular formula is C20H26N4O2. The van der Waals surface area contributed by atoms with Crippen LogP contribution in [0.3, 0.4) is 0 Å². The van der Waals surface area contributed by atoms with Crippen molar-refractivity contribution >= 4 is 11.8 Å². The van der Waals surface area contributed by atoms with Crippen LogP contribution in [0.15, 0.2) is 24.3 Å². The number of aromatic carboxylic acids is 1. The summed E-state index contributed by atoms with van der Waals surface area (Å²) in [5.41, 5.74) is 3.62. The summed E-state index contributed by atoms with van der Waals surface area (Å²) in [4.78, 5) is 13.7. The highest BCUT2D eigenvalue weighted by atomic mass is 16.4. The monoisotopic (exact) mass is 354 g/mol. The lowest BCUT2D eigenvalue weighted by atomic mass is 9.91. The van der Waals surface area contributed by atoms with Crippen LogP contribution in [-0.2, 0) is 6.42 Å². The molecule has 3 heterocycles. The molecule has 0 amide bonds. The molecule has 0 spiro atoms. The van der Waals surface area contributed by atoms with Crippen LogP contribution in [0.5, 0.6) is 0 Å². The molecule has 2 aliphatic rings. The number of rotatable bonds is 3. The van der Waals surface area contributed by atoms with Gasteiger partial charge in [0.25, 0.3) is 0 Å². The predicted octanol–water partition coefficient (Wildman–Crippen LogP) is 3.13. The van der Waals surface area contributed by atoms with Crippen LogP contribution in [0.2, 0.25) is 0 Å². The Kier molecular flexibility index (Phi) is 4.68. The average Bonchev–Trinajstić information content (AvgIpc) is 2.83. The molecule has 6 nitrogen and oxygen atoms in total. The Hall–Kier alpha value is -2.34. The van der Waals surface area contributed by atoms with Crippen LogP contribution >= 0.6 is 0 Å². The van der Waals surface area contributed by atoms with Crippen molar-refractivity contribution in [1.82, 2.24) is 14.7 Å². The first kappa shape index (κ1) is 17.1. The fourth-order valence-corrected chi connectivity index (χ4v) is 4.20. The Morgan fingerprint density at radius 2 is 2.19 bits per heavy atom. The molecule has 2 N–H and O–H groups in total. The number of likely N-dealkylation sites (N-methyl/N-ethyl adjacent to an activating group) is 1. The fraction of sp³-hybridized carbons (Fsp3) is 0.500. The highest BCUT2D eigenvalue weighted by Crippen LogP contribution is 2.35. The minimum atomic E-state index is -0.910. The van der Waals surface area contributed by atoms with Crippen LogP contribution in [0.1, 0.15) is 53.2 Å². The SMILES string of the molecule is CN1CCCC(c2nn(-c3cccc(C(=O)O)c3)c3c2CCCCN3)C1. The Labute approximate surface area is 153 Å². The number of anilines is 1. The topological polar surface area (TPSA) is 70.4 Å². The van der Waals surface area contributed by atoms with Gasteiger partial charge < -0.3 is 15.3 Å². The first-order valence-corrected chi connectivity index (χ1v) is 9.51. The lowest BCUT2D eigenvalue weighted by Gasteiger charge is -2.29. The predicted molar refractivity (Wildman–Crippen MR) is 101 cm³/mol. The number of nitrogens with one attached hydrogen (secondary N) is 1. The van der Waals surface area contributed by atoms with Gasteiger partial charge in [-0.2, -0.15) is 5.10 Å². The fourth-order valence-electron chi connectivity index (χ4n) is 4.20. The van der Waals surface area contributed by atoms with E-state index < -0.39 is 5.97 Å². The summed E-state index contributed by atoms with van der Waals surface area (Å²) in [5.74, 6) is 0.590. The van der Waals surface area contributed by atoms with Gasteiger partial charge in [0.15, 0.2) is 0 Å². The summed E-state index contributed by atoms with van der Waals surface area (Å²) in [5, 5.41) is 17.9. The van der Waals surface area contributed by atoms with Gasteiger partial charge in [-0.1, -0.05) is 6.07 Å². The lowest BCUT2D eigenvalue weighted by molar-refractivity contribution is 0.0697. The Morgan fingerprint density at radius 3 is 3.00 bits per heavy atom. The van der Waals surface area contributed by atoms with Crippen molar-refractivity contribution in [3.8, 4) is 5.69 Å². The van der Waals surface area contributed by atoms with Crippen LogP contribution < -0.4 is 5.32 Å². The van der Waals surface area contributed by atoms with Crippen molar-refractivity contribution in [3.05, 3.63) is 41.1 Å². The van der Waals surface area contributed by atoms with Crippen molar-refractivity contribution in [2.45, 2.75) is 38.0 Å². The van der Waals surface area contributed by atoms with E-state index in [9.17, 15) is 9.90 Å². The first-order valence-electron chi connectivity index (χ1n) is 9.51. The van der Waals surface area contributed by atoms with Gasteiger partial charge in [-0.05, 0) is 63.9 Å². The molecule has 1 saturated heterocycles. The van der Waals surface area contributed by atoms with Gasteiger partial charge in [-0.15, -0.1) is 0 Å². The smallest absolute Gasteiger partial charge is 0.335 e. The number of hydrogen-bond acceptors (Lipinski definition) is 4. The van der Waals surface area contributed by atoms with E-state index in [1.807, 2.05) is 10.7 Å². The number of benzene rings is 1. The van der Waals surface area contributed by atoms with E-state index in [-0.39, 0.29) is 0 Å². The Balaban J connectivity index is 1.80. The zero-order chi connectivity index (χ0) is 18.1. The second kappa shape index (κ2) is 7.11. The molecular weight excluding hydrogens is 328 g/mol. The van der Waals surface area contributed by atoms with Gasteiger partial charge in [0.2, 0.25) is 0 Å². The summed E-state index contributed by atoms with van der Waals surface area (Å²) in [7, 11) is 2.18. The maximum absolute atomic E-state index is 11.4. The minimum Gasteiger partial charge on any atom is -0.478 e. The van der Waals surface area contributed by atoms with Crippen LogP contribution in [0, 0.1) is 0 Å². The largest absolute Gasteiger partial charge is 0.478 e. The maximum Gasteiger partial charge on any atom is 0.335 e. The van der Waals surface area contributed by atoms with Gasteiger partial charge in [0, 0.05) is 24.6 Å². The van der Waals surface area contributed by atoms with Gasteiger partial charge in [0.1, 0.15) is 5.82 Å². The number of nitrogens with zero attached hydrogens (tertiary/aromatic N) is 3. The summed E-state index contributed by atoms with van der Waals surface area (Å²) in [6, 6.07) is 7.05. The van der Waals surface area contributed by atoms with Crippen LogP contribution in [0.4, 0.5) is 5.82 Å². The van der Waals surface area contributed by atoms with E-state index >= 15 is 0 Å². The Bertz CT molecular complexity index is 814. The van der Waals surface area contributed by atoms with Crippen molar-refractivity contribution in [2.75, 3.05) is 32.0 Å². The third-order valence-electron chi connectivity index (χ3n) is 5.51. The number of piperidine rings is 1. The second-order valence-electron chi connectivity index (χ2n) is 7.46. The zero-order valence-corrected chi connectivity index (χ0v) is 15.2. The summed E-state index contributed by atoms with van der Waals surface area (Å²) in [6.07, 6.45) is 5.72. The number of carbonyl (C=O) groups is 1. The molecule has 4 rings (SSSR count). The summed E-state index contributed by atoms with van der Waals surface area (Å²) < 4.78 is 1.93. The number of carboxylic acids is 1. The molecule has 138 valence electrons. The van der Waals surface area contributed by atoms with E-state index in [0.717, 1.165) is 50.4 Å². The van der Waals surface area contributed by atoms with Crippen molar-refractivity contribution in [1.29, 1.82) is 0 Å². The van der Waals surface area contributed by atoms with Gasteiger partial charge in [-0.3, -0.25) is 0 Å². The summed E-state index contributed by atoms with van der Waals surface area (Å²) >= 11 is 0. The third-order valence-corrected chi connectivity index (χ3v) is 5.51. The molecule has 0 radical (unpaired) electrons. The molecule has 1 aromatic carbocycles. The van der Waals surface area contributed by atoms with Crippen molar-refractivity contribution < 1.29 is 9.90 Å². The molecule has 1 atom stereocenters. The van der Waals surface area contributed by atoms with Gasteiger partial charge >= 0.3 is 5.97 Å². The molecule has 1 unspecified atom stereocenters. The molecule has 26 heavy (non-hydrogen) atoms. The molecule has 2 aliphatic heterocycles. The quantitative estimate of drug-likeness (QED) is 0.886. The van der Waals surface area contributed by atoms with E-state index in [4.69, 9.17) is 5.10 Å². The zero-order valence-electron chi connectivity index (χ0n) is 15.2. The first-order chi connectivity index (χ1) is 12.6. The number of hydrogen-bond donors (Lipinski definition) is 2. The molecule has 0 aliphatic carbocycles. The molecule has 2 aromatic rings. The van der Waals surface area contributed by atoms with Gasteiger partial charge in [0.05, 0.1) is 16.9 Å². The highest BCUT2D eigenvalue weighted by Gasteiger charge is 2.28. The van der Waals surface area contributed by atoms with Crippen molar-refractivity contribution in [2.24, 2.45) is 0 Å². The standard InChI is InChI=1S/C20H26N4O2/c1-23-11-5-7-15(13-23)18-17-9-2-3-10-21-19(17)24(22-18)16-8-4-6-14(12-16)20(25)26/h4,6,8,12,15,21H,2-3,5,7,9-11,13H2,1H3,(H,25,26). The molecule has 0 bridgehead atoms. The average molecular weight is 354 g/mol. The third kappa shape index (κ3) is 3.21. The summed E-state index contributed by atoms with van der Waals surface area (Å²) in [6.45, 7) is 3.12. The molecule has 0 saturated carbocycles. The minimum absolute atomic E-state index is 0.291. The van der Waals surface area contributed by atoms with Crippen molar-refractivity contribution in [3.63, 3.8) is 0 Å². The van der Waals surface area contributed by atoms with Gasteiger partial charge in [-0.25, -0.2) is 9.48 Å². The van der Waals surface area contributed by atoms with E-state index in [0.29, 0.717) is 11.5 Å². The maximum atomic E-state index is 11.4. The number of carboxylic acid groups (broad SMARTS) is 1. The Morgan fingerprint density at radius 1 is 1.31 bits per heavy atom. The van der Waals surface area contributed by atoms with Crippen LogP contribution in [-0.4, -0.2) is 52.4 Å². The van der Waals surface area contributed by atoms with E-state index in [2.05, 4.69) is 17.3 Å².